The third-order valence-corrected chi connectivity index (χ3v) is 4.87. The van der Waals surface area contributed by atoms with Gasteiger partial charge < -0.3 is 10.5 Å². The molecule has 0 saturated heterocycles. The number of methoxy groups -OCH3 is 1. The minimum Gasteiger partial charge on any atom is -0.497 e. The number of benzene rings is 1. The first-order valence-corrected chi connectivity index (χ1v) is 7.63. The van der Waals surface area contributed by atoms with Crippen LogP contribution >= 0.6 is 11.6 Å². The van der Waals surface area contributed by atoms with Gasteiger partial charge in [0, 0.05) is 12.7 Å². The molecule has 1 aromatic carbocycles. The zero-order valence-corrected chi connectivity index (χ0v) is 13.1. The number of aryl methyl sites for hydroxylation is 2. The second kappa shape index (κ2) is 5.85. The molecule has 2 aromatic rings. The standard InChI is InChI=1S/C13H16ClN3O2S/c1-8-13(14)11(17(2)16-8)7-20(18)12-6-9(19-3)4-5-10(12)15/h4-6H,7,15H2,1-3H3. The van der Waals surface area contributed by atoms with E-state index in [-0.39, 0.29) is 5.75 Å². The maximum atomic E-state index is 12.5. The Hall–Kier alpha value is -1.53. The lowest BCUT2D eigenvalue weighted by atomic mass is 10.3. The maximum absolute atomic E-state index is 12.5. The largest absolute Gasteiger partial charge is 0.497 e. The van der Waals surface area contributed by atoms with Crippen LogP contribution < -0.4 is 10.5 Å². The highest BCUT2D eigenvalue weighted by molar-refractivity contribution is 7.84. The van der Waals surface area contributed by atoms with Gasteiger partial charge in [-0.1, -0.05) is 11.6 Å². The Morgan fingerprint density at radius 2 is 2.20 bits per heavy atom. The van der Waals surface area contributed by atoms with Crippen molar-refractivity contribution >= 4 is 28.1 Å². The molecule has 0 fully saturated rings. The fourth-order valence-electron chi connectivity index (χ4n) is 1.88. The van der Waals surface area contributed by atoms with Crippen molar-refractivity contribution in [2.24, 2.45) is 7.05 Å². The van der Waals surface area contributed by atoms with E-state index in [0.29, 0.717) is 21.4 Å². The summed E-state index contributed by atoms with van der Waals surface area (Å²) in [6, 6.07) is 5.10. The molecule has 1 aromatic heterocycles. The first-order chi connectivity index (χ1) is 9.43. The van der Waals surface area contributed by atoms with Gasteiger partial charge in [-0.25, -0.2) is 0 Å². The van der Waals surface area contributed by atoms with Crippen molar-refractivity contribution in [3.8, 4) is 5.75 Å². The lowest BCUT2D eigenvalue weighted by Crippen LogP contribution is -2.06. The van der Waals surface area contributed by atoms with Crippen LogP contribution in [-0.4, -0.2) is 21.1 Å². The summed E-state index contributed by atoms with van der Waals surface area (Å²) >= 11 is 6.17. The van der Waals surface area contributed by atoms with E-state index in [1.807, 2.05) is 6.92 Å². The number of nitrogen functional groups attached to an aromatic ring is 1. The van der Waals surface area contributed by atoms with Crippen LogP contribution in [0.25, 0.3) is 0 Å². The van der Waals surface area contributed by atoms with Crippen LogP contribution in [0.2, 0.25) is 5.02 Å². The SMILES string of the molecule is COc1ccc(N)c(S(=O)Cc2c(Cl)c(C)nn2C)c1. The lowest BCUT2D eigenvalue weighted by molar-refractivity contribution is 0.413. The number of hydrogen-bond acceptors (Lipinski definition) is 4. The van der Waals surface area contributed by atoms with Crippen LogP contribution in [0, 0.1) is 6.92 Å². The Labute approximate surface area is 125 Å². The third kappa shape index (κ3) is 2.81. The highest BCUT2D eigenvalue weighted by Crippen LogP contribution is 2.27. The van der Waals surface area contributed by atoms with Crippen LogP contribution in [0.4, 0.5) is 5.69 Å². The van der Waals surface area contributed by atoms with Crippen LogP contribution in [0.3, 0.4) is 0 Å². The van der Waals surface area contributed by atoms with Crippen molar-refractivity contribution in [3.05, 3.63) is 34.6 Å². The van der Waals surface area contributed by atoms with E-state index in [1.54, 1.807) is 37.0 Å². The van der Waals surface area contributed by atoms with Gasteiger partial charge in [-0.3, -0.25) is 8.89 Å². The molecule has 108 valence electrons. The minimum absolute atomic E-state index is 0.257. The molecule has 0 bridgehead atoms. The van der Waals surface area contributed by atoms with Crippen molar-refractivity contribution in [3.63, 3.8) is 0 Å². The zero-order chi connectivity index (χ0) is 14.9. The average molecular weight is 314 g/mol. The summed E-state index contributed by atoms with van der Waals surface area (Å²) in [5.41, 5.74) is 7.80. The Morgan fingerprint density at radius 3 is 2.75 bits per heavy atom. The third-order valence-electron chi connectivity index (χ3n) is 3.00. The highest BCUT2D eigenvalue weighted by Gasteiger charge is 2.17. The molecular formula is C13H16ClN3O2S. The predicted octanol–water partition coefficient (Wildman–Crippen LogP) is 2.28. The van der Waals surface area contributed by atoms with Crippen LogP contribution in [0.15, 0.2) is 23.1 Å². The highest BCUT2D eigenvalue weighted by atomic mass is 35.5. The summed E-state index contributed by atoms with van der Waals surface area (Å²) in [5.74, 6) is 0.878. The van der Waals surface area contributed by atoms with E-state index in [2.05, 4.69) is 5.10 Å². The van der Waals surface area contributed by atoms with Crippen molar-refractivity contribution in [2.45, 2.75) is 17.6 Å². The summed E-state index contributed by atoms with van der Waals surface area (Å²) in [7, 11) is 2.02. The van der Waals surface area contributed by atoms with Gasteiger partial charge in [0.25, 0.3) is 0 Å². The Balaban J connectivity index is 2.33. The molecule has 20 heavy (non-hydrogen) atoms. The zero-order valence-electron chi connectivity index (χ0n) is 11.5. The lowest BCUT2D eigenvalue weighted by Gasteiger charge is -2.08. The van der Waals surface area contributed by atoms with Crippen LogP contribution in [0.1, 0.15) is 11.4 Å². The Kier molecular flexibility index (Phi) is 4.35. The van der Waals surface area contributed by atoms with Gasteiger partial charge in [-0.15, -0.1) is 0 Å². The second-order valence-corrected chi connectivity index (χ2v) is 6.16. The fraction of sp³-hybridized carbons (Fsp3) is 0.308. The summed E-state index contributed by atoms with van der Waals surface area (Å²) < 4.78 is 19.3. The first kappa shape index (κ1) is 14.9. The van der Waals surface area contributed by atoms with E-state index in [0.717, 1.165) is 11.4 Å². The van der Waals surface area contributed by atoms with Gasteiger partial charge >= 0.3 is 0 Å². The molecule has 0 aliphatic rings. The van der Waals surface area contributed by atoms with E-state index in [9.17, 15) is 4.21 Å². The summed E-state index contributed by atoms with van der Waals surface area (Å²) in [5, 5.41) is 4.75. The normalized spacial score (nSPS) is 12.4. The van der Waals surface area contributed by atoms with Crippen molar-refractivity contribution < 1.29 is 8.95 Å². The van der Waals surface area contributed by atoms with Gasteiger partial charge in [0.1, 0.15) is 5.75 Å². The monoisotopic (exact) mass is 313 g/mol. The van der Waals surface area contributed by atoms with Crippen LogP contribution in [0.5, 0.6) is 5.75 Å². The first-order valence-electron chi connectivity index (χ1n) is 5.94. The van der Waals surface area contributed by atoms with Gasteiger partial charge in [0.15, 0.2) is 0 Å². The molecule has 1 heterocycles. The van der Waals surface area contributed by atoms with Crippen LogP contribution in [-0.2, 0) is 23.6 Å². The number of nitrogens with two attached hydrogens (primary N) is 1. The number of rotatable bonds is 4. The Morgan fingerprint density at radius 1 is 1.50 bits per heavy atom. The van der Waals surface area contributed by atoms with Gasteiger partial charge in [0.2, 0.25) is 0 Å². The summed E-state index contributed by atoms with van der Waals surface area (Å²) in [6.45, 7) is 1.81. The molecule has 5 nitrogen and oxygen atoms in total. The number of anilines is 1. The molecule has 0 aliphatic heterocycles. The van der Waals surface area contributed by atoms with Gasteiger partial charge in [-0.2, -0.15) is 5.10 Å². The second-order valence-electron chi connectivity index (χ2n) is 4.36. The van der Waals surface area contributed by atoms with E-state index >= 15 is 0 Å². The van der Waals surface area contributed by atoms with Gasteiger partial charge in [-0.05, 0) is 25.1 Å². The topological polar surface area (TPSA) is 70.1 Å². The molecule has 0 spiro atoms. The summed E-state index contributed by atoms with van der Waals surface area (Å²) in [6.07, 6.45) is 0. The molecule has 2 N–H and O–H groups in total. The fourth-order valence-corrected chi connectivity index (χ4v) is 3.50. The number of nitrogens with zero attached hydrogens (tertiary/aromatic N) is 2. The smallest absolute Gasteiger partial charge is 0.120 e. The van der Waals surface area contributed by atoms with Gasteiger partial charge in [0.05, 0.1) is 45.0 Å². The number of aromatic nitrogens is 2. The van der Waals surface area contributed by atoms with Crippen molar-refractivity contribution in [1.82, 2.24) is 9.78 Å². The molecule has 0 aliphatic carbocycles. The molecule has 2 rings (SSSR count). The predicted molar refractivity (Wildman–Crippen MR) is 80.5 cm³/mol. The van der Waals surface area contributed by atoms with E-state index < -0.39 is 10.8 Å². The maximum Gasteiger partial charge on any atom is 0.120 e. The minimum atomic E-state index is -1.32. The molecule has 1 atom stereocenters. The Bertz CT molecular complexity index is 670. The number of halogens is 1. The van der Waals surface area contributed by atoms with E-state index in [4.69, 9.17) is 22.1 Å². The van der Waals surface area contributed by atoms with Crippen molar-refractivity contribution in [1.29, 1.82) is 0 Å². The van der Waals surface area contributed by atoms with Crippen molar-refractivity contribution in [2.75, 3.05) is 12.8 Å². The molecule has 0 saturated carbocycles. The average Bonchev–Trinajstić information content (AvgIpc) is 2.66. The van der Waals surface area contributed by atoms with E-state index in [1.165, 1.54) is 0 Å². The number of ether oxygens (including phenoxy) is 1. The molecule has 7 heteroatoms. The molecule has 0 radical (unpaired) electrons. The molecular weight excluding hydrogens is 298 g/mol. The molecule has 0 amide bonds. The summed E-state index contributed by atoms with van der Waals surface area (Å²) in [4.78, 5) is 0.541. The molecule has 1 unspecified atom stereocenters. The quantitative estimate of drug-likeness (QED) is 0.879. The number of hydrogen-bond donors (Lipinski definition) is 1.